The lowest BCUT2D eigenvalue weighted by molar-refractivity contribution is 0.0399. The van der Waals surface area contributed by atoms with E-state index in [4.69, 9.17) is 10.5 Å². The van der Waals surface area contributed by atoms with Crippen LogP contribution in [-0.4, -0.2) is 12.2 Å². The lowest BCUT2D eigenvalue weighted by Gasteiger charge is -2.23. The lowest BCUT2D eigenvalue weighted by Crippen LogP contribution is -2.27. The van der Waals surface area contributed by atoms with Gasteiger partial charge >= 0.3 is 0 Å². The topological polar surface area (TPSA) is 35.2 Å². The first kappa shape index (κ1) is 13.6. The van der Waals surface area contributed by atoms with Crippen LogP contribution in [0.4, 0.5) is 0 Å². The Hall–Kier alpha value is -0.860. The Morgan fingerprint density at radius 2 is 2.06 bits per heavy atom. The highest BCUT2D eigenvalue weighted by Crippen LogP contribution is 2.30. The van der Waals surface area contributed by atoms with Crippen LogP contribution in [0.5, 0.6) is 0 Å². The van der Waals surface area contributed by atoms with Crippen molar-refractivity contribution in [2.45, 2.75) is 64.7 Å². The minimum absolute atomic E-state index is 0.0244. The summed E-state index contributed by atoms with van der Waals surface area (Å²) < 4.78 is 5.93. The third-order valence-electron chi connectivity index (χ3n) is 4.02. The van der Waals surface area contributed by atoms with Crippen LogP contribution < -0.4 is 5.73 Å². The van der Waals surface area contributed by atoms with Gasteiger partial charge in [0, 0.05) is 0 Å². The van der Waals surface area contributed by atoms with Crippen molar-refractivity contribution in [3.63, 3.8) is 0 Å². The van der Waals surface area contributed by atoms with Crippen LogP contribution in [0, 0.1) is 0 Å². The Balaban J connectivity index is 2.24. The fourth-order valence-corrected chi connectivity index (χ4v) is 2.79. The zero-order valence-electron chi connectivity index (χ0n) is 11.8. The third kappa shape index (κ3) is 2.76. The molecule has 1 aromatic rings. The van der Waals surface area contributed by atoms with Gasteiger partial charge in [0.25, 0.3) is 0 Å². The fraction of sp³-hybridized carbons (Fsp3) is 0.625. The number of benzene rings is 1. The number of ether oxygens (including phenoxy) is 1. The van der Waals surface area contributed by atoms with E-state index in [1.54, 1.807) is 0 Å². The van der Waals surface area contributed by atoms with Gasteiger partial charge in [0.2, 0.25) is 0 Å². The zero-order valence-corrected chi connectivity index (χ0v) is 11.8. The first-order chi connectivity index (χ1) is 8.65. The van der Waals surface area contributed by atoms with E-state index in [2.05, 4.69) is 39.0 Å². The van der Waals surface area contributed by atoms with Gasteiger partial charge in [0.05, 0.1) is 18.2 Å². The van der Waals surface area contributed by atoms with E-state index in [0.717, 1.165) is 25.7 Å². The van der Waals surface area contributed by atoms with Crippen LogP contribution in [0.15, 0.2) is 18.2 Å². The van der Waals surface area contributed by atoms with Crippen molar-refractivity contribution < 1.29 is 4.74 Å². The van der Waals surface area contributed by atoms with E-state index in [-0.39, 0.29) is 12.1 Å². The average molecular weight is 247 g/mol. The fourth-order valence-electron chi connectivity index (χ4n) is 2.79. The molecule has 100 valence electrons. The zero-order chi connectivity index (χ0) is 13.1. The molecule has 1 aliphatic heterocycles. The molecule has 1 aromatic carbocycles. The monoisotopic (exact) mass is 247 g/mol. The summed E-state index contributed by atoms with van der Waals surface area (Å²) in [5.41, 5.74) is 10.5. The Morgan fingerprint density at radius 3 is 2.61 bits per heavy atom. The largest absolute Gasteiger partial charge is 0.373 e. The van der Waals surface area contributed by atoms with E-state index in [9.17, 15) is 0 Å². The predicted molar refractivity (Wildman–Crippen MR) is 75.7 cm³/mol. The SMILES string of the molecule is CCc1ccc(CC)c(C(N)C2CCC(C)O2)c1. The van der Waals surface area contributed by atoms with E-state index >= 15 is 0 Å². The molecule has 1 aliphatic rings. The van der Waals surface area contributed by atoms with Gasteiger partial charge in [0.15, 0.2) is 0 Å². The van der Waals surface area contributed by atoms with Gasteiger partial charge in [0.1, 0.15) is 0 Å². The normalized spacial score (nSPS) is 25.3. The molecule has 3 unspecified atom stereocenters. The average Bonchev–Trinajstić information content (AvgIpc) is 2.83. The molecule has 2 nitrogen and oxygen atoms in total. The van der Waals surface area contributed by atoms with Crippen molar-refractivity contribution in [1.82, 2.24) is 0 Å². The number of nitrogens with two attached hydrogens (primary N) is 1. The predicted octanol–water partition coefficient (Wildman–Crippen LogP) is 3.38. The summed E-state index contributed by atoms with van der Waals surface area (Å²) in [4.78, 5) is 0. The minimum atomic E-state index is 0.0244. The molecular formula is C16H25NO. The van der Waals surface area contributed by atoms with Crippen molar-refractivity contribution in [1.29, 1.82) is 0 Å². The molecule has 1 saturated heterocycles. The van der Waals surface area contributed by atoms with Crippen LogP contribution in [-0.2, 0) is 17.6 Å². The highest BCUT2D eigenvalue weighted by atomic mass is 16.5. The van der Waals surface area contributed by atoms with Crippen LogP contribution in [0.25, 0.3) is 0 Å². The van der Waals surface area contributed by atoms with E-state index in [0.29, 0.717) is 6.10 Å². The number of rotatable bonds is 4. The molecular weight excluding hydrogens is 222 g/mol. The Labute approximate surface area is 111 Å². The van der Waals surface area contributed by atoms with Crippen LogP contribution in [0.1, 0.15) is 56.3 Å². The molecule has 0 saturated carbocycles. The maximum atomic E-state index is 6.44. The quantitative estimate of drug-likeness (QED) is 0.885. The molecule has 0 amide bonds. The second kappa shape index (κ2) is 5.85. The number of hydrogen-bond acceptors (Lipinski definition) is 2. The standard InChI is InChI=1S/C16H25NO/c1-4-12-7-8-13(5-2)14(10-12)16(17)15-9-6-11(3)18-15/h7-8,10-11,15-16H,4-6,9,17H2,1-3H3. The van der Waals surface area contributed by atoms with Crippen LogP contribution in [0.2, 0.25) is 0 Å². The van der Waals surface area contributed by atoms with Crippen molar-refractivity contribution in [3.05, 3.63) is 34.9 Å². The summed E-state index contributed by atoms with van der Waals surface area (Å²) in [5.74, 6) is 0. The van der Waals surface area contributed by atoms with Crippen LogP contribution >= 0.6 is 0 Å². The van der Waals surface area contributed by atoms with E-state index in [1.807, 2.05) is 0 Å². The second-order valence-corrected chi connectivity index (χ2v) is 5.33. The Kier molecular flexibility index (Phi) is 4.41. The van der Waals surface area contributed by atoms with Crippen molar-refractivity contribution >= 4 is 0 Å². The summed E-state index contributed by atoms with van der Waals surface area (Å²) in [7, 11) is 0. The Bertz CT molecular complexity index is 402. The van der Waals surface area contributed by atoms with Gasteiger partial charge < -0.3 is 10.5 Å². The van der Waals surface area contributed by atoms with Crippen molar-refractivity contribution in [2.24, 2.45) is 5.73 Å². The summed E-state index contributed by atoms with van der Waals surface area (Å²) in [6, 6.07) is 6.74. The molecule has 1 heterocycles. The molecule has 0 radical (unpaired) electrons. The van der Waals surface area contributed by atoms with Crippen molar-refractivity contribution in [3.8, 4) is 0 Å². The molecule has 2 N–H and O–H groups in total. The van der Waals surface area contributed by atoms with Gasteiger partial charge in [-0.05, 0) is 49.3 Å². The maximum Gasteiger partial charge on any atom is 0.0772 e. The summed E-state index contributed by atoms with van der Waals surface area (Å²) in [6.07, 6.45) is 4.87. The molecule has 0 aromatic heterocycles. The van der Waals surface area contributed by atoms with Crippen molar-refractivity contribution in [2.75, 3.05) is 0 Å². The first-order valence-electron chi connectivity index (χ1n) is 7.18. The molecule has 3 atom stereocenters. The minimum Gasteiger partial charge on any atom is -0.373 e. The van der Waals surface area contributed by atoms with Gasteiger partial charge in [-0.2, -0.15) is 0 Å². The third-order valence-corrected chi connectivity index (χ3v) is 4.02. The maximum absolute atomic E-state index is 6.44. The van der Waals surface area contributed by atoms with E-state index in [1.165, 1.54) is 16.7 Å². The summed E-state index contributed by atoms with van der Waals surface area (Å²) in [6.45, 7) is 6.51. The molecule has 0 bridgehead atoms. The van der Waals surface area contributed by atoms with Gasteiger partial charge in [-0.25, -0.2) is 0 Å². The summed E-state index contributed by atoms with van der Waals surface area (Å²) >= 11 is 0. The highest BCUT2D eigenvalue weighted by Gasteiger charge is 2.29. The van der Waals surface area contributed by atoms with Gasteiger partial charge in [-0.3, -0.25) is 0 Å². The smallest absolute Gasteiger partial charge is 0.0772 e. The van der Waals surface area contributed by atoms with E-state index < -0.39 is 0 Å². The number of hydrogen-bond donors (Lipinski definition) is 1. The number of aryl methyl sites for hydroxylation is 2. The van der Waals surface area contributed by atoms with Gasteiger partial charge in [-0.15, -0.1) is 0 Å². The molecule has 0 aliphatic carbocycles. The molecule has 2 heteroatoms. The molecule has 0 spiro atoms. The first-order valence-corrected chi connectivity index (χ1v) is 7.18. The highest BCUT2D eigenvalue weighted by molar-refractivity contribution is 5.35. The lowest BCUT2D eigenvalue weighted by atomic mass is 9.92. The Morgan fingerprint density at radius 1 is 1.28 bits per heavy atom. The molecule has 18 heavy (non-hydrogen) atoms. The molecule has 1 fully saturated rings. The molecule has 2 rings (SSSR count). The van der Waals surface area contributed by atoms with Crippen LogP contribution in [0.3, 0.4) is 0 Å². The second-order valence-electron chi connectivity index (χ2n) is 5.33. The van der Waals surface area contributed by atoms with Gasteiger partial charge in [-0.1, -0.05) is 32.0 Å². The summed E-state index contributed by atoms with van der Waals surface area (Å²) in [5, 5.41) is 0.